The quantitative estimate of drug-likeness (QED) is 0.747. The summed E-state index contributed by atoms with van der Waals surface area (Å²) in [4.78, 5) is 25.8. The van der Waals surface area contributed by atoms with E-state index in [0.29, 0.717) is 19.7 Å². The van der Waals surface area contributed by atoms with Crippen LogP contribution in [0.1, 0.15) is 26.7 Å². The molecule has 0 aromatic heterocycles. The first-order chi connectivity index (χ1) is 8.11. The lowest BCUT2D eigenvalue weighted by Crippen LogP contribution is -2.60. The molecule has 0 radical (unpaired) electrons. The number of nitrogens with one attached hydrogen (secondary N) is 1. The van der Waals surface area contributed by atoms with Gasteiger partial charge in [-0.2, -0.15) is 0 Å². The largest absolute Gasteiger partial charge is 0.368 e. The lowest BCUT2D eigenvalue weighted by molar-refractivity contribution is -0.151. The molecule has 96 valence electrons. The molecule has 0 aliphatic carbocycles. The van der Waals surface area contributed by atoms with Gasteiger partial charge in [0.15, 0.2) is 0 Å². The number of piperazine rings is 1. The van der Waals surface area contributed by atoms with E-state index in [1.807, 2.05) is 13.8 Å². The van der Waals surface area contributed by atoms with Crippen LogP contribution in [0.15, 0.2) is 0 Å². The monoisotopic (exact) mass is 240 g/mol. The van der Waals surface area contributed by atoms with Crippen LogP contribution in [0.3, 0.4) is 0 Å². The third-order valence-electron chi connectivity index (χ3n) is 3.38. The molecule has 1 N–H and O–H groups in total. The second kappa shape index (κ2) is 5.04. The minimum absolute atomic E-state index is 0.0175. The molecule has 0 spiro atoms. The summed E-state index contributed by atoms with van der Waals surface area (Å²) < 4.78 is 5.41. The van der Waals surface area contributed by atoms with Crippen LogP contribution in [0.5, 0.6) is 0 Å². The smallest absolute Gasteiger partial charge is 0.252 e. The topological polar surface area (TPSA) is 58.6 Å². The molecule has 5 nitrogen and oxygen atoms in total. The van der Waals surface area contributed by atoms with E-state index in [4.69, 9.17) is 4.74 Å². The standard InChI is InChI=1S/C12H20N2O3/c1-8(2)10-11(15)13-5-6-14(10)12(16)9-4-3-7-17-9/h8-10H,3-7H2,1-2H3,(H,13,15)/t9-,10?/m1/s1. The van der Waals surface area contributed by atoms with Crippen LogP contribution in [0.2, 0.25) is 0 Å². The first-order valence-corrected chi connectivity index (χ1v) is 6.31. The number of hydrogen-bond acceptors (Lipinski definition) is 3. The molecule has 5 heteroatoms. The Morgan fingerprint density at radius 1 is 1.53 bits per heavy atom. The average Bonchev–Trinajstić information content (AvgIpc) is 2.80. The van der Waals surface area contributed by atoms with Crippen LogP contribution in [0.25, 0.3) is 0 Å². The number of ether oxygens (including phenoxy) is 1. The van der Waals surface area contributed by atoms with Crippen LogP contribution in [-0.2, 0) is 14.3 Å². The third-order valence-corrected chi connectivity index (χ3v) is 3.38. The predicted molar refractivity (Wildman–Crippen MR) is 62.3 cm³/mol. The van der Waals surface area contributed by atoms with Crippen molar-refractivity contribution in [2.75, 3.05) is 19.7 Å². The lowest BCUT2D eigenvalue weighted by atomic mass is 9.98. The molecule has 17 heavy (non-hydrogen) atoms. The van der Waals surface area contributed by atoms with Gasteiger partial charge in [0.1, 0.15) is 12.1 Å². The van der Waals surface area contributed by atoms with Crippen molar-refractivity contribution in [2.24, 2.45) is 5.92 Å². The minimum Gasteiger partial charge on any atom is -0.368 e. The molecule has 2 aliphatic heterocycles. The van der Waals surface area contributed by atoms with Crippen molar-refractivity contribution in [3.63, 3.8) is 0 Å². The summed E-state index contributed by atoms with van der Waals surface area (Å²) in [6.45, 7) is 5.72. The van der Waals surface area contributed by atoms with E-state index in [2.05, 4.69) is 5.32 Å². The summed E-state index contributed by atoms with van der Waals surface area (Å²) in [5.41, 5.74) is 0. The molecular weight excluding hydrogens is 220 g/mol. The molecule has 2 aliphatic rings. The van der Waals surface area contributed by atoms with Crippen LogP contribution >= 0.6 is 0 Å². The summed E-state index contributed by atoms with van der Waals surface area (Å²) in [6.07, 6.45) is 1.38. The van der Waals surface area contributed by atoms with Crippen molar-refractivity contribution < 1.29 is 14.3 Å². The van der Waals surface area contributed by atoms with Crippen molar-refractivity contribution in [1.82, 2.24) is 10.2 Å². The molecule has 0 bridgehead atoms. The maximum atomic E-state index is 12.3. The molecule has 2 fully saturated rings. The number of rotatable bonds is 2. The number of amides is 2. The molecule has 2 amide bonds. The lowest BCUT2D eigenvalue weighted by Gasteiger charge is -2.38. The van der Waals surface area contributed by atoms with E-state index in [1.54, 1.807) is 4.90 Å². The van der Waals surface area contributed by atoms with Crippen molar-refractivity contribution in [2.45, 2.75) is 38.8 Å². The molecule has 0 saturated carbocycles. The summed E-state index contributed by atoms with van der Waals surface area (Å²) in [5.74, 6) is 0.0642. The zero-order valence-electron chi connectivity index (χ0n) is 10.4. The van der Waals surface area contributed by atoms with Gasteiger partial charge < -0.3 is 15.0 Å². The zero-order chi connectivity index (χ0) is 12.4. The first-order valence-electron chi connectivity index (χ1n) is 6.31. The summed E-state index contributed by atoms with van der Waals surface area (Å²) in [7, 11) is 0. The van der Waals surface area contributed by atoms with Crippen LogP contribution in [0, 0.1) is 5.92 Å². The predicted octanol–water partition coefficient (Wildman–Crippen LogP) is 0.148. The van der Waals surface area contributed by atoms with E-state index in [0.717, 1.165) is 12.8 Å². The fraction of sp³-hybridized carbons (Fsp3) is 0.833. The Bertz CT molecular complexity index is 311. The van der Waals surface area contributed by atoms with Gasteiger partial charge in [0.05, 0.1) is 0 Å². The van der Waals surface area contributed by atoms with Gasteiger partial charge in [-0.25, -0.2) is 0 Å². The summed E-state index contributed by atoms with van der Waals surface area (Å²) >= 11 is 0. The van der Waals surface area contributed by atoms with Crippen molar-refractivity contribution in [1.29, 1.82) is 0 Å². The Morgan fingerprint density at radius 2 is 2.29 bits per heavy atom. The molecule has 2 rings (SSSR count). The molecule has 0 aromatic carbocycles. The maximum absolute atomic E-state index is 12.3. The molecule has 2 atom stereocenters. The number of hydrogen-bond donors (Lipinski definition) is 1. The van der Waals surface area contributed by atoms with Crippen molar-refractivity contribution in [3.05, 3.63) is 0 Å². The Labute approximate surface area is 101 Å². The average molecular weight is 240 g/mol. The summed E-state index contributed by atoms with van der Waals surface area (Å²) in [5, 5.41) is 2.82. The van der Waals surface area contributed by atoms with E-state index in [-0.39, 0.29) is 29.9 Å². The highest BCUT2D eigenvalue weighted by molar-refractivity contribution is 5.90. The van der Waals surface area contributed by atoms with Gasteiger partial charge in [-0.15, -0.1) is 0 Å². The van der Waals surface area contributed by atoms with Gasteiger partial charge >= 0.3 is 0 Å². The SMILES string of the molecule is CC(C)C1C(=O)NCCN1C(=O)[C@H]1CCCO1. The molecule has 2 saturated heterocycles. The minimum atomic E-state index is -0.347. The van der Waals surface area contributed by atoms with Crippen LogP contribution in [-0.4, -0.2) is 48.6 Å². The fourth-order valence-electron chi connectivity index (χ4n) is 2.55. The normalized spacial score (nSPS) is 29.6. The van der Waals surface area contributed by atoms with E-state index in [9.17, 15) is 9.59 Å². The highest BCUT2D eigenvalue weighted by Crippen LogP contribution is 2.20. The maximum Gasteiger partial charge on any atom is 0.252 e. The Hall–Kier alpha value is -1.10. The molecule has 0 aromatic rings. The van der Waals surface area contributed by atoms with Gasteiger partial charge in [0, 0.05) is 19.7 Å². The molecule has 2 heterocycles. The van der Waals surface area contributed by atoms with Crippen LogP contribution in [0.4, 0.5) is 0 Å². The second-order valence-electron chi connectivity index (χ2n) is 5.01. The van der Waals surface area contributed by atoms with Crippen LogP contribution < -0.4 is 5.32 Å². The Morgan fingerprint density at radius 3 is 2.88 bits per heavy atom. The first kappa shape index (κ1) is 12.4. The van der Waals surface area contributed by atoms with Gasteiger partial charge in [-0.1, -0.05) is 13.8 Å². The van der Waals surface area contributed by atoms with Gasteiger partial charge in [-0.3, -0.25) is 9.59 Å². The Balaban J connectivity index is 2.10. The van der Waals surface area contributed by atoms with Gasteiger partial charge in [-0.05, 0) is 18.8 Å². The van der Waals surface area contributed by atoms with Crippen molar-refractivity contribution in [3.8, 4) is 0 Å². The highest BCUT2D eigenvalue weighted by Gasteiger charge is 2.38. The van der Waals surface area contributed by atoms with Gasteiger partial charge in [0.25, 0.3) is 5.91 Å². The Kier molecular flexibility index (Phi) is 3.66. The number of carbonyl (C=O) groups is 2. The van der Waals surface area contributed by atoms with E-state index >= 15 is 0 Å². The zero-order valence-corrected chi connectivity index (χ0v) is 10.4. The summed E-state index contributed by atoms with van der Waals surface area (Å²) in [6, 6.07) is -0.347. The van der Waals surface area contributed by atoms with E-state index < -0.39 is 0 Å². The van der Waals surface area contributed by atoms with Gasteiger partial charge in [0.2, 0.25) is 5.91 Å². The number of nitrogens with zero attached hydrogens (tertiary/aromatic N) is 1. The van der Waals surface area contributed by atoms with E-state index in [1.165, 1.54) is 0 Å². The van der Waals surface area contributed by atoms with Crippen molar-refractivity contribution >= 4 is 11.8 Å². The highest BCUT2D eigenvalue weighted by atomic mass is 16.5. The molecular formula is C12H20N2O3. The molecule has 1 unspecified atom stereocenters. The number of carbonyl (C=O) groups excluding carboxylic acids is 2. The fourth-order valence-corrected chi connectivity index (χ4v) is 2.55. The third kappa shape index (κ3) is 2.44. The second-order valence-corrected chi connectivity index (χ2v) is 5.01.